The first-order valence-corrected chi connectivity index (χ1v) is 6.76. The van der Waals surface area contributed by atoms with E-state index in [1.54, 1.807) is 23.0 Å². The Morgan fingerprint density at radius 3 is 2.95 bits per heavy atom. The number of non-ortho nitro benzene ring substituents is 1. The quantitative estimate of drug-likeness (QED) is 0.364. The number of nitrogens with zero attached hydrogens (tertiary/aromatic N) is 4. The maximum atomic E-state index is 10.6. The van der Waals surface area contributed by atoms with Crippen molar-refractivity contribution in [2.24, 2.45) is 0 Å². The Kier molecular flexibility index (Phi) is 4.66. The molecule has 1 aromatic carbocycles. The van der Waals surface area contributed by atoms with Gasteiger partial charge in [-0.3, -0.25) is 14.8 Å². The second kappa shape index (κ2) is 6.45. The van der Waals surface area contributed by atoms with Crippen LogP contribution in [0.25, 0.3) is 0 Å². The van der Waals surface area contributed by atoms with Crippen LogP contribution in [0.4, 0.5) is 11.4 Å². The number of hydrogen-bond donors (Lipinski definition) is 1. The van der Waals surface area contributed by atoms with Gasteiger partial charge in [-0.1, -0.05) is 5.21 Å². The van der Waals surface area contributed by atoms with E-state index >= 15 is 0 Å². The average molecular weight is 373 g/mol. The van der Waals surface area contributed by atoms with Gasteiger partial charge in [0.2, 0.25) is 0 Å². The van der Waals surface area contributed by atoms with E-state index in [9.17, 15) is 10.1 Å². The van der Waals surface area contributed by atoms with Crippen molar-refractivity contribution in [3.63, 3.8) is 0 Å². The number of aryl methyl sites for hydroxylation is 1. The maximum absolute atomic E-state index is 10.6. The molecule has 0 aliphatic heterocycles. The van der Waals surface area contributed by atoms with Crippen molar-refractivity contribution in [1.29, 1.82) is 0 Å². The largest absolute Gasteiger partial charge is 0.384 e. The fourth-order valence-electron chi connectivity index (χ4n) is 1.58. The number of benzene rings is 1. The zero-order valence-electron chi connectivity index (χ0n) is 9.99. The summed E-state index contributed by atoms with van der Waals surface area (Å²) in [6.45, 7) is 1.56. The molecule has 100 valence electrons. The molecular formula is C11H12IN5O2. The highest BCUT2D eigenvalue weighted by Crippen LogP contribution is 2.23. The number of rotatable bonds is 6. The molecule has 8 heteroatoms. The van der Waals surface area contributed by atoms with Crippen LogP contribution in [-0.2, 0) is 6.54 Å². The first kappa shape index (κ1) is 13.7. The van der Waals surface area contributed by atoms with Crippen molar-refractivity contribution in [2.75, 3.05) is 11.9 Å². The van der Waals surface area contributed by atoms with Gasteiger partial charge in [-0.2, -0.15) is 0 Å². The van der Waals surface area contributed by atoms with Crippen molar-refractivity contribution in [3.8, 4) is 0 Å². The molecule has 7 nitrogen and oxygen atoms in total. The third kappa shape index (κ3) is 3.88. The van der Waals surface area contributed by atoms with Crippen LogP contribution in [0, 0.1) is 13.7 Å². The number of nitrogens with one attached hydrogen (secondary N) is 1. The molecule has 0 fully saturated rings. The molecule has 0 aliphatic carbocycles. The van der Waals surface area contributed by atoms with Crippen LogP contribution in [-0.4, -0.2) is 26.5 Å². The van der Waals surface area contributed by atoms with Gasteiger partial charge in [0.25, 0.3) is 5.69 Å². The Bertz CT molecular complexity index is 558. The lowest BCUT2D eigenvalue weighted by Crippen LogP contribution is -2.08. The highest BCUT2D eigenvalue weighted by Gasteiger charge is 2.08. The molecule has 0 saturated heterocycles. The molecule has 0 atom stereocenters. The van der Waals surface area contributed by atoms with Gasteiger partial charge in [0.15, 0.2) is 0 Å². The van der Waals surface area contributed by atoms with Crippen molar-refractivity contribution in [2.45, 2.75) is 13.0 Å². The van der Waals surface area contributed by atoms with E-state index in [0.717, 1.165) is 28.8 Å². The Balaban J connectivity index is 1.84. The van der Waals surface area contributed by atoms with Gasteiger partial charge in [-0.05, 0) is 35.1 Å². The average Bonchev–Trinajstić information content (AvgIpc) is 2.89. The van der Waals surface area contributed by atoms with Crippen LogP contribution in [0.15, 0.2) is 30.6 Å². The SMILES string of the molecule is O=[N+]([O-])c1ccc(NCCCn2ccnn2)c(I)c1. The number of hydrogen-bond acceptors (Lipinski definition) is 5. The molecule has 0 unspecified atom stereocenters. The van der Waals surface area contributed by atoms with E-state index in [1.165, 1.54) is 6.07 Å². The van der Waals surface area contributed by atoms with E-state index in [0.29, 0.717) is 0 Å². The number of halogens is 1. The summed E-state index contributed by atoms with van der Waals surface area (Å²) in [7, 11) is 0. The maximum Gasteiger partial charge on any atom is 0.270 e. The summed E-state index contributed by atoms with van der Waals surface area (Å²) in [5.41, 5.74) is 1.02. The molecule has 0 radical (unpaired) electrons. The van der Waals surface area contributed by atoms with Gasteiger partial charge in [0, 0.05) is 40.7 Å². The lowest BCUT2D eigenvalue weighted by atomic mass is 10.3. The normalized spacial score (nSPS) is 10.4. The summed E-state index contributed by atoms with van der Waals surface area (Å²) >= 11 is 2.09. The predicted octanol–water partition coefficient (Wildman–Crippen LogP) is 2.29. The number of nitro groups is 1. The van der Waals surface area contributed by atoms with Gasteiger partial charge in [-0.15, -0.1) is 5.10 Å². The molecule has 2 rings (SSSR count). The molecule has 2 aromatic rings. The first-order chi connectivity index (χ1) is 9.16. The second-order valence-electron chi connectivity index (χ2n) is 3.87. The van der Waals surface area contributed by atoms with Crippen LogP contribution < -0.4 is 5.32 Å². The molecule has 1 aromatic heterocycles. The summed E-state index contributed by atoms with van der Waals surface area (Å²) in [6.07, 6.45) is 4.36. The monoisotopic (exact) mass is 373 g/mol. The Morgan fingerprint density at radius 2 is 2.32 bits per heavy atom. The molecule has 0 aliphatic rings. The van der Waals surface area contributed by atoms with E-state index in [1.807, 2.05) is 6.20 Å². The van der Waals surface area contributed by atoms with Gasteiger partial charge in [-0.25, -0.2) is 0 Å². The van der Waals surface area contributed by atoms with Gasteiger partial charge >= 0.3 is 0 Å². The van der Waals surface area contributed by atoms with Crippen molar-refractivity contribution >= 4 is 34.0 Å². The first-order valence-electron chi connectivity index (χ1n) is 5.69. The summed E-state index contributed by atoms with van der Waals surface area (Å²) in [5.74, 6) is 0. The third-order valence-electron chi connectivity index (χ3n) is 2.51. The molecule has 0 spiro atoms. The van der Waals surface area contributed by atoms with Crippen molar-refractivity contribution in [1.82, 2.24) is 15.0 Å². The fourth-order valence-corrected chi connectivity index (χ4v) is 2.27. The molecule has 1 heterocycles. The topological polar surface area (TPSA) is 85.9 Å². The Morgan fingerprint density at radius 1 is 1.47 bits per heavy atom. The van der Waals surface area contributed by atoms with E-state index < -0.39 is 4.92 Å². The molecule has 0 amide bonds. The Labute approximate surface area is 123 Å². The van der Waals surface area contributed by atoms with Crippen LogP contribution >= 0.6 is 22.6 Å². The summed E-state index contributed by atoms with van der Waals surface area (Å²) in [6, 6.07) is 4.79. The van der Waals surface area contributed by atoms with Crippen molar-refractivity contribution < 1.29 is 4.92 Å². The number of nitro benzene ring substituents is 1. The zero-order chi connectivity index (χ0) is 13.7. The van der Waals surface area contributed by atoms with E-state index in [-0.39, 0.29) is 5.69 Å². The molecule has 0 saturated carbocycles. The summed E-state index contributed by atoms with van der Waals surface area (Å²) in [5, 5.41) is 21.5. The summed E-state index contributed by atoms with van der Waals surface area (Å²) < 4.78 is 2.61. The van der Waals surface area contributed by atoms with Crippen LogP contribution in [0.2, 0.25) is 0 Å². The molecule has 19 heavy (non-hydrogen) atoms. The lowest BCUT2D eigenvalue weighted by molar-refractivity contribution is -0.384. The number of anilines is 1. The highest BCUT2D eigenvalue weighted by molar-refractivity contribution is 14.1. The molecular weight excluding hydrogens is 361 g/mol. The Hall–Kier alpha value is -1.71. The van der Waals surface area contributed by atoms with E-state index in [2.05, 4.69) is 38.2 Å². The summed E-state index contributed by atoms with van der Waals surface area (Å²) in [4.78, 5) is 10.2. The third-order valence-corrected chi connectivity index (χ3v) is 3.41. The van der Waals surface area contributed by atoms with Crippen LogP contribution in [0.5, 0.6) is 0 Å². The van der Waals surface area contributed by atoms with Gasteiger partial charge in [0.05, 0.1) is 11.1 Å². The number of aromatic nitrogens is 3. The fraction of sp³-hybridized carbons (Fsp3) is 0.273. The van der Waals surface area contributed by atoms with Crippen LogP contribution in [0.1, 0.15) is 6.42 Å². The molecule has 1 N–H and O–H groups in total. The van der Waals surface area contributed by atoms with Crippen molar-refractivity contribution in [3.05, 3.63) is 44.3 Å². The highest BCUT2D eigenvalue weighted by atomic mass is 127. The smallest absolute Gasteiger partial charge is 0.270 e. The zero-order valence-corrected chi connectivity index (χ0v) is 12.1. The minimum atomic E-state index is -0.392. The van der Waals surface area contributed by atoms with Gasteiger partial charge in [0.1, 0.15) is 0 Å². The second-order valence-corrected chi connectivity index (χ2v) is 5.03. The van der Waals surface area contributed by atoms with Crippen LogP contribution in [0.3, 0.4) is 0 Å². The molecule has 0 bridgehead atoms. The minimum Gasteiger partial charge on any atom is -0.384 e. The minimum absolute atomic E-state index is 0.109. The van der Waals surface area contributed by atoms with Gasteiger partial charge < -0.3 is 5.32 Å². The predicted molar refractivity (Wildman–Crippen MR) is 78.9 cm³/mol. The standard InChI is InChI=1S/C11H12IN5O2/c12-10-8-9(17(18)19)2-3-11(10)13-4-1-6-16-7-5-14-15-16/h2-3,5,7-8,13H,1,4,6H2. The lowest BCUT2D eigenvalue weighted by Gasteiger charge is -2.08. The van der Waals surface area contributed by atoms with E-state index in [4.69, 9.17) is 0 Å².